The van der Waals surface area contributed by atoms with Gasteiger partial charge in [0.2, 0.25) is 5.58 Å². The number of carbonyl (C=O) groups excluding carboxylic acids is 2. The lowest BCUT2D eigenvalue weighted by atomic mass is 10.00. The van der Waals surface area contributed by atoms with E-state index in [0.717, 1.165) is 5.39 Å². The van der Waals surface area contributed by atoms with Crippen LogP contribution in [0.3, 0.4) is 0 Å². The number of esters is 1. The Hall–Kier alpha value is -4.34. The predicted molar refractivity (Wildman–Crippen MR) is 113 cm³/mol. The highest BCUT2D eigenvalue weighted by Gasteiger charge is 2.35. The van der Waals surface area contributed by atoms with Crippen LogP contribution in [0.4, 0.5) is 4.79 Å². The minimum atomic E-state index is -0.869. The number of nitrogens with zero attached hydrogens (tertiary/aromatic N) is 2. The van der Waals surface area contributed by atoms with Crippen LogP contribution in [-0.4, -0.2) is 28.2 Å². The summed E-state index contributed by atoms with van der Waals surface area (Å²) >= 11 is 0. The number of nitrogens with one attached hydrogen (secondary N) is 2. The number of hydrogen-bond donors (Lipinski definition) is 2. The summed E-state index contributed by atoms with van der Waals surface area (Å²) in [6.45, 7) is 1.69. The lowest BCUT2D eigenvalue weighted by molar-refractivity contribution is -0.139. The number of allylic oxidation sites excluding steroid dienone is 1. The van der Waals surface area contributed by atoms with Crippen LogP contribution >= 0.6 is 0 Å². The summed E-state index contributed by atoms with van der Waals surface area (Å²) in [4.78, 5) is 42.6. The molecule has 0 saturated heterocycles. The maximum atomic E-state index is 13.1. The van der Waals surface area contributed by atoms with Crippen LogP contribution in [0.15, 0.2) is 73.9 Å². The van der Waals surface area contributed by atoms with Gasteiger partial charge in [-0.25, -0.2) is 14.6 Å². The molecule has 1 aliphatic heterocycles. The van der Waals surface area contributed by atoms with E-state index in [-0.39, 0.29) is 30.0 Å². The Bertz CT molecular complexity index is 1430. The number of ether oxygens (including phenoxy) is 1. The summed E-state index contributed by atoms with van der Waals surface area (Å²) in [5.41, 5.74) is 0.985. The molecule has 0 fully saturated rings. The zero-order chi connectivity index (χ0) is 22.2. The lowest BCUT2D eigenvalue weighted by Gasteiger charge is -2.28. The van der Waals surface area contributed by atoms with Gasteiger partial charge in [-0.05, 0) is 31.2 Å². The smallest absolute Gasteiger partial charge is 0.338 e. The van der Waals surface area contributed by atoms with Gasteiger partial charge < -0.3 is 24.2 Å². The number of urea groups is 1. The Labute approximate surface area is 180 Å². The van der Waals surface area contributed by atoms with Gasteiger partial charge in [-0.3, -0.25) is 9.36 Å². The summed E-state index contributed by atoms with van der Waals surface area (Å²) in [5, 5.41) is 6.01. The number of amides is 2. The Kier molecular flexibility index (Phi) is 4.74. The van der Waals surface area contributed by atoms with E-state index < -0.39 is 23.6 Å². The molecule has 1 atom stereocenters. The van der Waals surface area contributed by atoms with Crippen molar-refractivity contribution in [2.75, 3.05) is 6.61 Å². The summed E-state index contributed by atoms with van der Waals surface area (Å²) in [6, 6.07) is 9.09. The van der Waals surface area contributed by atoms with Crippen molar-refractivity contribution in [1.82, 2.24) is 20.2 Å². The van der Waals surface area contributed by atoms with E-state index in [4.69, 9.17) is 13.6 Å². The Morgan fingerprint density at radius 2 is 2.06 bits per heavy atom. The summed E-state index contributed by atoms with van der Waals surface area (Å²) in [5.74, 6) is -0.277. The van der Waals surface area contributed by atoms with Crippen molar-refractivity contribution in [2.24, 2.45) is 0 Å². The number of carbonyl (C=O) groups is 2. The van der Waals surface area contributed by atoms with E-state index >= 15 is 0 Å². The number of rotatable bonds is 5. The fourth-order valence-electron chi connectivity index (χ4n) is 3.76. The van der Waals surface area contributed by atoms with Crippen molar-refractivity contribution in [2.45, 2.75) is 19.5 Å². The molecule has 1 aliphatic rings. The molecule has 0 aliphatic carbocycles. The third-order valence-corrected chi connectivity index (χ3v) is 5.16. The van der Waals surface area contributed by atoms with Gasteiger partial charge in [-0.2, -0.15) is 0 Å². The first-order valence-corrected chi connectivity index (χ1v) is 9.94. The second kappa shape index (κ2) is 7.73. The van der Waals surface area contributed by atoms with Crippen LogP contribution in [0.2, 0.25) is 0 Å². The first-order valence-electron chi connectivity index (χ1n) is 9.94. The molecular weight excluding hydrogens is 416 g/mol. The highest BCUT2D eigenvalue weighted by molar-refractivity contribution is 6.01. The maximum absolute atomic E-state index is 13.1. The fourth-order valence-corrected chi connectivity index (χ4v) is 3.76. The zero-order valence-corrected chi connectivity index (χ0v) is 17.0. The molecule has 4 aromatic rings. The van der Waals surface area contributed by atoms with E-state index in [0.29, 0.717) is 16.9 Å². The summed E-state index contributed by atoms with van der Waals surface area (Å²) in [7, 11) is 0. The molecule has 1 unspecified atom stereocenters. The maximum Gasteiger partial charge on any atom is 0.338 e. The molecule has 2 N–H and O–H groups in total. The molecule has 3 aromatic heterocycles. The SMILES string of the molecule is CCOC(=O)C1=C(Cn2cnc3c(oc4ccccc43)c2=O)NC(=O)NC1c1ccco1. The minimum absolute atomic E-state index is 0.0924. The van der Waals surface area contributed by atoms with E-state index in [1.807, 2.05) is 12.1 Å². The number of aromatic nitrogens is 2. The minimum Gasteiger partial charge on any atom is -0.467 e. The van der Waals surface area contributed by atoms with Crippen molar-refractivity contribution in [3.05, 3.63) is 76.4 Å². The normalized spacial score (nSPS) is 16.3. The Balaban J connectivity index is 1.63. The van der Waals surface area contributed by atoms with Crippen LogP contribution < -0.4 is 16.2 Å². The average molecular weight is 434 g/mol. The topological polar surface area (TPSA) is 129 Å². The number of para-hydroxylation sites is 1. The number of hydrogen-bond acceptors (Lipinski definition) is 7. The second-order valence-electron chi connectivity index (χ2n) is 7.11. The average Bonchev–Trinajstić information content (AvgIpc) is 3.44. The van der Waals surface area contributed by atoms with E-state index in [9.17, 15) is 14.4 Å². The largest absolute Gasteiger partial charge is 0.467 e. The van der Waals surface area contributed by atoms with Crippen LogP contribution in [0.5, 0.6) is 0 Å². The molecule has 0 spiro atoms. The molecule has 2 amide bonds. The van der Waals surface area contributed by atoms with Crippen molar-refractivity contribution in [3.63, 3.8) is 0 Å². The standard InChI is InChI=1S/C22H18N4O6/c1-2-30-21(28)16-13(24-22(29)25-18(16)15-8-5-9-31-15)10-26-11-23-17-12-6-3-4-7-14(12)32-19(17)20(26)27/h3-9,11,18H,2,10H2,1H3,(H2,24,25,29). The molecule has 10 nitrogen and oxygen atoms in total. The number of furan rings is 2. The molecule has 162 valence electrons. The van der Waals surface area contributed by atoms with Crippen molar-refractivity contribution in [1.29, 1.82) is 0 Å². The monoisotopic (exact) mass is 434 g/mol. The molecule has 0 radical (unpaired) electrons. The third kappa shape index (κ3) is 3.22. The third-order valence-electron chi connectivity index (χ3n) is 5.16. The van der Waals surface area contributed by atoms with Crippen LogP contribution in [0.25, 0.3) is 22.1 Å². The van der Waals surface area contributed by atoms with E-state index in [1.54, 1.807) is 31.2 Å². The number of benzene rings is 1. The summed E-state index contributed by atoms with van der Waals surface area (Å²) < 4.78 is 17.6. The highest BCUT2D eigenvalue weighted by Crippen LogP contribution is 2.29. The van der Waals surface area contributed by atoms with Gasteiger partial charge in [-0.15, -0.1) is 0 Å². The first kappa shape index (κ1) is 19.6. The molecule has 32 heavy (non-hydrogen) atoms. The van der Waals surface area contributed by atoms with Crippen molar-refractivity contribution < 1.29 is 23.2 Å². The summed E-state index contributed by atoms with van der Waals surface area (Å²) in [6.07, 6.45) is 2.80. The van der Waals surface area contributed by atoms with Crippen molar-refractivity contribution >= 4 is 34.1 Å². The predicted octanol–water partition coefficient (Wildman–Crippen LogP) is 2.61. The van der Waals surface area contributed by atoms with Gasteiger partial charge >= 0.3 is 12.0 Å². The van der Waals surface area contributed by atoms with Gasteiger partial charge in [0.15, 0.2) is 0 Å². The van der Waals surface area contributed by atoms with Crippen LogP contribution in [0.1, 0.15) is 18.7 Å². The first-order chi connectivity index (χ1) is 15.6. The number of fused-ring (bicyclic) bond motifs is 3. The molecule has 0 saturated carbocycles. The second-order valence-corrected chi connectivity index (χ2v) is 7.11. The molecule has 10 heteroatoms. The molecule has 4 heterocycles. The van der Waals surface area contributed by atoms with E-state index in [2.05, 4.69) is 15.6 Å². The molecule has 1 aromatic carbocycles. The highest BCUT2D eigenvalue weighted by atomic mass is 16.5. The van der Waals surface area contributed by atoms with Crippen molar-refractivity contribution in [3.8, 4) is 0 Å². The van der Waals surface area contributed by atoms with Gasteiger partial charge in [0.25, 0.3) is 5.56 Å². The van der Waals surface area contributed by atoms with Gasteiger partial charge in [0.1, 0.15) is 22.9 Å². The van der Waals surface area contributed by atoms with Gasteiger partial charge in [0, 0.05) is 5.39 Å². The van der Waals surface area contributed by atoms with Crippen LogP contribution in [-0.2, 0) is 16.1 Å². The van der Waals surface area contributed by atoms with Gasteiger partial charge in [-0.1, -0.05) is 12.1 Å². The quantitative estimate of drug-likeness (QED) is 0.462. The molecular formula is C22H18N4O6. The Morgan fingerprint density at radius 3 is 2.84 bits per heavy atom. The lowest BCUT2D eigenvalue weighted by Crippen LogP contribution is -2.47. The molecule has 5 rings (SSSR count). The molecule has 0 bridgehead atoms. The van der Waals surface area contributed by atoms with E-state index in [1.165, 1.54) is 17.2 Å². The van der Waals surface area contributed by atoms with Crippen LogP contribution in [0, 0.1) is 0 Å². The van der Waals surface area contributed by atoms with Gasteiger partial charge in [0.05, 0.1) is 37.0 Å². The fraction of sp³-hybridized carbons (Fsp3) is 0.182. The zero-order valence-electron chi connectivity index (χ0n) is 17.0. The Morgan fingerprint density at radius 1 is 1.22 bits per heavy atom.